The van der Waals surface area contributed by atoms with Gasteiger partial charge in [0.25, 0.3) is 5.91 Å². The highest BCUT2D eigenvalue weighted by atomic mass is 32.1. The van der Waals surface area contributed by atoms with Crippen LogP contribution >= 0.6 is 11.3 Å². The molecule has 0 radical (unpaired) electrons. The number of nitrogen functional groups attached to an aromatic ring is 1. The number of aromatic nitrogens is 1. The Morgan fingerprint density at radius 1 is 1.52 bits per heavy atom. The molecule has 1 aliphatic rings. The first kappa shape index (κ1) is 14.3. The number of nitrogens with zero attached hydrogens (tertiary/aromatic N) is 1. The van der Waals surface area contributed by atoms with Crippen LogP contribution in [0.5, 0.6) is 0 Å². The van der Waals surface area contributed by atoms with Gasteiger partial charge in [0, 0.05) is 30.1 Å². The number of hydrogen-bond acceptors (Lipinski definition) is 5. The molecule has 0 bridgehead atoms. The number of thiophene rings is 1. The maximum atomic E-state index is 11.8. The Balaban J connectivity index is 2.06. The maximum Gasteiger partial charge on any atom is 0.263 e. The number of pyridine rings is 1. The van der Waals surface area contributed by atoms with Gasteiger partial charge in [0.2, 0.25) is 0 Å². The number of carbonyl (C=O) groups is 1. The predicted molar refractivity (Wildman–Crippen MR) is 86.9 cm³/mol. The Morgan fingerprint density at radius 2 is 2.33 bits per heavy atom. The van der Waals surface area contributed by atoms with Gasteiger partial charge in [-0.2, -0.15) is 0 Å². The minimum Gasteiger partial charge on any atom is -0.397 e. The Hall–Kier alpha value is -1.66. The molecule has 1 saturated heterocycles. The number of amides is 1. The third-order valence-corrected chi connectivity index (χ3v) is 5.36. The molecule has 1 amide bonds. The van der Waals surface area contributed by atoms with E-state index >= 15 is 0 Å². The molecule has 5 nitrogen and oxygen atoms in total. The summed E-state index contributed by atoms with van der Waals surface area (Å²) in [7, 11) is 1.61. The van der Waals surface area contributed by atoms with Gasteiger partial charge in [0.15, 0.2) is 0 Å². The minimum atomic E-state index is -0.150. The van der Waals surface area contributed by atoms with Crippen molar-refractivity contribution < 1.29 is 4.79 Å². The second-order valence-corrected chi connectivity index (χ2v) is 6.81. The molecule has 2 aromatic heterocycles. The summed E-state index contributed by atoms with van der Waals surface area (Å²) in [5.41, 5.74) is 7.73. The number of fused-ring (bicyclic) bond motifs is 1. The van der Waals surface area contributed by atoms with E-state index in [-0.39, 0.29) is 11.3 Å². The van der Waals surface area contributed by atoms with Crippen molar-refractivity contribution in [2.75, 3.05) is 25.9 Å². The molecule has 4 N–H and O–H groups in total. The number of nitrogens with one attached hydrogen (secondary N) is 2. The average Bonchev–Trinajstić information content (AvgIpc) is 2.84. The average molecular weight is 304 g/mol. The third-order valence-electron chi connectivity index (χ3n) is 4.24. The molecule has 112 valence electrons. The van der Waals surface area contributed by atoms with E-state index in [4.69, 9.17) is 10.7 Å². The Kier molecular flexibility index (Phi) is 3.59. The second-order valence-electron chi connectivity index (χ2n) is 5.81. The molecular weight excluding hydrogens is 284 g/mol. The highest BCUT2D eigenvalue weighted by Crippen LogP contribution is 2.36. The molecule has 0 spiro atoms. The maximum absolute atomic E-state index is 11.8. The third kappa shape index (κ3) is 2.38. The first-order valence-corrected chi connectivity index (χ1v) is 7.99. The van der Waals surface area contributed by atoms with Crippen LogP contribution in [0.2, 0.25) is 0 Å². The summed E-state index contributed by atoms with van der Waals surface area (Å²) in [4.78, 5) is 18.0. The number of hydrogen-bond donors (Lipinski definition) is 3. The van der Waals surface area contributed by atoms with Gasteiger partial charge in [-0.25, -0.2) is 4.98 Å². The lowest BCUT2D eigenvalue weighted by Crippen LogP contribution is -2.41. The summed E-state index contributed by atoms with van der Waals surface area (Å²) in [5.74, 6) is -0.150. The Labute approximate surface area is 127 Å². The fourth-order valence-corrected chi connectivity index (χ4v) is 3.93. The minimum absolute atomic E-state index is 0.0539. The summed E-state index contributed by atoms with van der Waals surface area (Å²) in [6.45, 7) is 4.25. The predicted octanol–water partition coefficient (Wildman–Crippen LogP) is 1.88. The van der Waals surface area contributed by atoms with Crippen molar-refractivity contribution in [2.24, 2.45) is 0 Å². The van der Waals surface area contributed by atoms with E-state index in [0.29, 0.717) is 10.6 Å². The van der Waals surface area contributed by atoms with Crippen molar-refractivity contribution in [3.63, 3.8) is 0 Å². The van der Waals surface area contributed by atoms with Crippen LogP contribution in [-0.4, -0.2) is 31.0 Å². The first-order chi connectivity index (χ1) is 10.0. The van der Waals surface area contributed by atoms with Crippen molar-refractivity contribution in [2.45, 2.75) is 25.2 Å². The molecule has 1 aliphatic heterocycles. The largest absolute Gasteiger partial charge is 0.397 e. The first-order valence-electron chi connectivity index (χ1n) is 7.17. The van der Waals surface area contributed by atoms with E-state index in [0.717, 1.165) is 41.8 Å². The molecule has 0 saturated carbocycles. The van der Waals surface area contributed by atoms with Crippen LogP contribution in [0.25, 0.3) is 10.2 Å². The highest BCUT2D eigenvalue weighted by molar-refractivity contribution is 7.21. The van der Waals surface area contributed by atoms with Crippen LogP contribution in [-0.2, 0) is 5.41 Å². The van der Waals surface area contributed by atoms with E-state index in [1.165, 1.54) is 11.3 Å². The molecule has 2 aromatic rings. The standard InChI is InChI=1S/C15H20N4OS/c1-15(6-3-7-18-8-15)10-5-4-9-11(16)12(13(20)17-2)21-14(9)19-10/h4-5,18H,3,6-8,16H2,1-2H3,(H,17,20)/t15-/m0/s1. The van der Waals surface area contributed by atoms with Crippen molar-refractivity contribution in [1.82, 2.24) is 15.6 Å². The van der Waals surface area contributed by atoms with E-state index in [2.05, 4.69) is 17.6 Å². The van der Waals surface area contributed by atoms with Gasteiger partial charge >= 0.3 is 0 Å². The molecule has 0 aliphatic carbocycles. The normalized spacial score (nSPS) is 22.4. The summed E-state index contributed by atoms with van der Waals surface area (Å²) < 4.78 is 0. The van der Waals surface area contributed by atoms with Crippen LogP contribution < -0.4 is 16.4 Å². The molecule has 21 heavy (non-hydrogen) atoms. The fourth-order valence-electron chi connectivity index (χ4n) is 2.89. The van der Waals surface area contributed by atoms with Gasteiger partial charge < -0.3 is 16.4 Å². The number of nitrogens with two attached hydrogens (primary N) is 1. The summed E-state index contributed by atoms with van der Waals surface area (Å²) in [5, 5.41) is 6.93. The Morgan fingerprint density at radius 3 is 3.00 bits per heavy atom. The van der Waals surface area contributed by atoms with E-state index in [1.807, 2.05) is 12.1 Å². The molecule has 3 rings (SSSR count). The van der Waals surface area contributed by atoms with Gasteiger partial charge in [0.1, 0.15) is 9.71 Å². The number of rotatable bonds is 2. The summed E-state index contributed by atoms with van der Waals surface area (Å²) >= 11 is 1.36. The number of piperidine rings is 1. The van der Waals surface area contributed by atoms with Crippen molar-refractivity contribution >= 4 is 33.1 Å². The lowest BCUT2D eigenvalue weighted by atomic mass is 9.79. The van der Waals surface area contributed by atoms with E-state index in [9.17, 15) is 4.79 Å². The van der Waals surface area contributed by atoms with Gasteiger partial charge in [-0.05, 0) is 31.5 Å². The number of carbonyl (C=O) groups excluding carboxylic acids is 1. The molecule has 6 heteroatoms. The van der Waals surface area contributed by atoms with E-state index < -0.39 is 0 Å². The summed E-state index contributed by atoms with van der Waals surface area (Å²) in [6.07, 6.45) is 2.29. The highest BCUT2D eigenvalue weighted by Gasteiger charge is 2.30. The number of anilines is 1. The molecule has 0 unspecified atom stereocenters. The topological polar surface area (TPSA) is 80.0 Å². The quantitative estimate of drug-likeness (QED) is 0.791. The zero-order valence-corrected chi connectivity index (χ0v) is 13.1. The zero-order valence-electron chi connectivity index (χ0n) is 12.3. The molecule has 3 heterocycles. The van der Waals surface area contributed by atoms with Gasteiger partial charge in [-0.1, -0.05) is 6.92 Å². The lowest BCUT2D eigenvalue weighted by Gasteiger charge is -2.33. The van der Waals surface area contributed by atoms with Gasteiger partial charge in [0.05, 0.1) is 5.69 Å². The van der Waals surface area contributed by atoms with Gasteiger partial charge in [-0.15, -0.1) is 11.3 Å². The van der Waals surface area contributed by atoms with Crippen molar-refractivity contribution in [1.29, 1.82) is 0 Å². The fraction of sp³-hybridized carbons (Fsp3) is 0.467. The molecule has 1 fully saturated rings. The monoisotopic (exact) mass is 304 g/mol. The lowest BCUT2D eigenvalue weighted by molar-refractivity contribution is 0.0968. The summed E-state index contributed by atoms with van der Waals surface area (Å²) in [6, 6.07) is 4.04. The van der Waals surface area contributed by atoms with Crippen molar-refractivity contribution in [3.8, 4) is 0 Å². The van der Waals surface area contributed by atoms with Crippen LogP contribution in [0.4, 0.5) is 5.69 Å². The van der Waals surface area contributed by atoms with Crippen molar-refractivity contribution in [3.05, 3.63) is 22.7 Å². The Bertz CT molecular complexity index is 688. The molecule has 1 atom stereocenters. The van der Waals surface area contributed by atoms with Crippen LogP contribution in [0.3, 0.4) is 0 Å². The van der Waals surface area contributed by atoms with Crippen LogP contribution in [0, 0.1) is 0 Å². The van der Waals surface area contributed by atoms with Crippen LogP contribution in [0.15, 0.2) is 12.1 Å². The van der Waals surface area contributed by atoms with Crippen LogP contribution in [0.1, 0.15) is 35.1 Å². The SMILES string of the molecule is CNC(=O)c1sc2nc([C@@]3(C)CCCNC3)ccc2c1N. The smallest absolute Gasteiger partial charge is 0.263 e. The van der Waals surface area contributed by atoms with E-state index in [1.54, 1.807) is 7.05 Å². The zero-order chi connectivity index (χ0) is 15.0. The van der Waals surface area contributed by atoms with Gasteiger partial charge in [-0.3, -0.25) is 4.79 Å². The molecular formula is C15H20N4OS. The second kappa shape index (κ2) is 5.27. The molecule has 0 aromatic carbocycles.